The maximum Gasteiger partial charge on any atom is 0.534 e. The Morgan fingerprint density at radius 3 is 2.21 bits per heavy atom. The fraction of sp³-hybridized carbons (Fsp3) is 0.421. The molecule has 1 aliphatic heterocycles. The number of rotatable bonds is 7. The van der Waals surface area contributed by atoms with Crippen molar-refractivity contribution in [1.29, 1.82) is 0 Å². The molecular formula is C19H22N2O8. The summed E-state index contributed by atoms with van der Waals surface area (Å²) < 4.78 is 10.2. The van der Waals surface area contributed by atoms with E-state index in [1.54, 1.807) is 32.9 Å². The second-order valence-corrected chi connectivity index (χ2v) is 6.37. The second-order valence-electron chi connectivity index (χ2n) is 6.37. The standard InChI is InChI=1S/C19H22N2O8/c1-4-14(22)20-9-17(25)28-18-11(2)7-13(8-12(18)3)10-27-19(26)29-21-15(23)5-6-16(21)24/h7-8H,4-6,9-10H2,1-3H3,(H,20,22). The average Bonchev–Trinajstić information content (AvgIpc) is 2.99. The van der Waals surface area contributed by atoms with Crippen LogP contribution in [0.4, 0.5) is 4.79 Å². The van der Waals surface area contributed by atoms with Crippen LogP contribution in [0.3, 0.4) is 0 Å². The number of hydroxylamine groups is 2. The number of carbonyl (C=O) groups excluding carboxylic acids is 5. The van der Waals surface area contributed by atoms with Gasteiger partial charge in [0.1, 0.15) is 18.9 Å². The molecule has 1 saturated heterocycles. The highest BCUT2D eigenvalue weighted by molar-refractivity contribution is 6.01. The number of hydrogen-bond acceptors (Lipinski definition) is 8. The van der Waals surface area contributed by atoms with Crippen molar-refractivity contribution in [3.05, 3.63) is 28.8 Å². The molecule has 1 aromatic carbocycles. The fourth-order valence-corrected chi connectivity index (χ4v) is 2.63. The molecule has 1 aliphatic rings. The number of nitrogens with zero attached hydrogens (tertiary/aromatic N) is 1. The highest BCUT2D eigenvalue weighted by Gasteiger charge is 2.33. The van der Waals surface area contributed by atoms with Crippen LogP contribution in [-0.2, 0) is 35.4 Å². The first-order chi connectivity index (χ1) is 13.7. The van der Waals surface area contributed by atoms with Crippen LogP contribution >= 0.6 is 0 Å². The first-order valence-electron chi connectivity index (χ1n) is 8.99. The van der Waals surface area contributed by atoms with Gasteiger partial charge >= 0.3 is 12.1 Å². The number of esters is 1. The van der Waals surface area contributed by atoms with E-state index in [1.165, 1.54) is 0 Å². The number of aryl methyl sites for hydroxylation is 2. The van der Waals surface area contributed by atoms with E-state index in [2.05, 4.69) is 10.2 Å². The summed E-state index contributed by atoms with van der Waals surface area (Å²) in [5, 5.41) is 2.84. The first kappa shape index (κ1) is 21.9. The van der Waals surface area contributed by atoms with Gasteiger partial charge in [0.25, 0.3) is 11.8 Å². The van der Waals surface area contributed by atoms with E-state index in [-0.39, 0.29) is 38.3 Å². The van der Waals surface area contributed by atoms with E-state index in [4.69, 9.17) is 9.47 Å². The Kier molecular flexibility index (Phi) is 7.29. The Hall–Kier alpha value is -3.43. The Bertz CT molecular complexity index is 810. The predicted molar refractivity (Wildman–Crippen MR) is 97.2 cm³/mol. The summed E-state index contributed by atoms with van der Waals surface area (Å²) in [4.78, 5) is 62.2. The molecule has 0 atom stereocenters. The van der Waals surface area contributed by atoms with Crippen LogP contribution in [0, 0.1) is 13.8 Å². The Morgan fingerprint density at radius 2 is 1.66 bits per heavy atom. The number of benzene rings is 1. The van der Waals surface area contributed by atoms with Crippen molar-refractivity contribution in [2.45, 2.75) is 46.6 Å². The van der Waals surface area contributed by atoms with Crippen LogP contribution in [0.2, 0.25) is 0 Å². The summed E-state index contributed by atoms with van der Waals surface area (Å²) in [6.45, 7) is 4.69. The molecule has 2 rings (SSSR count). The third kappa shape index (κ3) is 6.03. The molecule has 1 heterocycles. The number of nitrogens with one attached hydrogen (secondary N) is 1. The van der Waals surface area contributed by atoms with Gasteiger partial charge in [0.15, 0.2) is 0 Å². The molecule has 0 bridgehead atoms. The molecule has 1 aromatic rings. The van der Waals surface area contributed by atoms with E-state index in [9.17, 15) is 24.0 Å². The highest BCUT2D eigenvalue weighted by atomic mass is 16.8. The minimum absolute atomic E-state index is 0.00713. The largest absolute Gasteiger partial charge is 0.534 e. The zero-order valence-corrected chi connectivity index (χ0v) is 16.4. The van der Waals surface area contributed by atoms with Gasteiger partial charge < -0.3 is 14.8 Å². The summed E-state index contributed by atoms with van der Waals surface area (Å²) in [6, 6.07) is 3.30. The van der Waals surface area contributed by atoms with Gasteiger partial charge in [-0.3, -0.25) is 19.2 Å². The van der Waals surface area contributed by atoms with Gasteiger partial charge in [0.05, 0.1) is 0 Å². The molecule has 10 nitrogen and oxygen atoms in total. The SMILES string of the molecule is CCC(=O)NCC(=O)Oc1c(C)cc(COC(=O)ON2C(=O)CCC2=O)cc1C. The van der Waals surface area contributed by atoms with Crippen molar-refractivity contribution in [3.63, 3.8) is 0 Å². The monoisotopic (exact) mass is 406 g/mol. The number of imide groups is 1. The van der Waals surface area contributed by atoms with E-state index in [1.807, 2.05) is 0 Å². The van der Waals surface area contributed by atoms with Gasteiger partial charge in [-0.1, -0.05) is 12.0 Å². The van der Waals surface area contributed by atoms with Crippen LogP contribution in [0.25, 0.3) is 0 Å². The molecule has 0 radical (unpaired) electrons. The molecular weight excluding hydrogens is 384 g/mol. The van der Waals surface area contributed by atoms with Gasteiger partial charge in [-0.25, -0.2) is 9.59 Å². The maximum atomic E-state index is 11.9. The van der Waals surface area contributed by atoms with Crippen LogP contribution in [0.15, 0.2) is 12.1 Å². The summed E-state index contributed by atoms with van der Waals surface area (Å²) in [6.07, 6.45) is -0.923. The quantitative estimate of drug-likeness (QED) is 0.409. The van der Waals surface area contributed by atoms with Crippen molar-refractivity contribution in [2.75, 3.05) is 6.54 Å². The van der Waals surface area contributed by atoms with Crippen molar-refractivity contribution < 1.29 is 38.3 Å². The maximum absolute atomic E-state index is 11.9. The van der Waals surface area contributed by atoms with Gasteiger partial charge in [0.2, 0.25) is 5.91 Å². The van der Waals surface area contributed by atoms with Crippen molar-refractivity contribution in [2.24, 2.45) is 0 Å². The zero-order chi connectivity index (χ0) is 21.6. The normalized spacial score (nSPS) is 13.3. The smallest absolute Gasteiger partial charge is 0.428 e. The van der Waals surface area contributed by atoms with Crippen LogP contribution in [0.1, 0.15) is 42.9 Å². The molecule has 156 valence electrons. The van der Waals surface area contributed by atoms with Gasteiger partial charge in [-0.2, -0.15) is 0 Å². The lowest BCUT2D eigenvalue weighted by molar-refractivity contribution is -0.177. The van der Waals surface area contributed by atoms with Crippen molar-refractivity contribution >= 4 is 29.8 Å². The Morgan fingerprint density at radius 1 is 1.07 bits per heavy atom. The number of ether oxygens (including phenoxy) is 2. The van der Waals surface area contributed by atoms with Gasteiger partial charge in [-0.15, -0.1) is 0 Å². The second kappa shape index (κ2) is 9.67. The number of amides is 3. The minimum atomic E-state index is -1.17. The molecule has 0 spiro atoms. The molecule has 3 amide bonds. The van der Waals surface area contributed by atoms with E-state index in [0.717, 1.165) is 0 Å². The fourth-order valence-electron chi connectivity index (χ4n) is 2.63. The summed E-state index contributed by atoms with van der Waals surface area (Å²) >= 11 is 0. The van der Waals surface area contributed by atoms with Crippen LogP contribution < -0.4 is 10.1 Å². The lowest BCUT2D eigenvalue weighted by Crippen LogP contribution is -2.32. The molecule has 0 unspecified atom stereocenters. The van der Waals surface area contributed by atoms with Gasteiger partial charge in [-0.05, 0) is 42.7 Å². The van der Waals surface area contributed by atoms with Crippen LogP contribution in [0.5, 0.6) is 5.75 Å². The molecule has 0 saturated carbocycles. The van der Waals surface area contributed by atoms with Gasteiger partial charge in [0, 0.05) is 19.3 Å². The van der Waals surface area contributed by atoms with E-state index in [0.29, 0.717) is 27.5 Å². The molecule has 1 N–H and O–H groups in total. The Balaban J connectivity index is 1.92. The molecule has 0 aromatic heterocycles. The first-order valence-corrected chi connectivity index (χ1v) is 8.99. The molecule has 29 heavy (non-hydrogen) atoms. The Labute approximate surface area is 167 Å². The third-order valence-electron chi connectivity index (χ3n) is 4.02. The number of hydrogen-bond donors (Lipinski definition) is 1. The summed E-state index contributed by atoms with van der Waals surface area (Å²) in [7, 11) is 0. The zero-order valence-electron chi connectivity index (χ0n) is 16.4. The number of carbonyl (C=O) groups is 5. The molecule has 0 aliphatic carbocycles. The summed E-state index contributed by atoms with van der Waals surface area (Å²) in [5.41, 5.74) is 1.84. The summed E-state index contributed by atoms with van der Waals surface area (Å²) in [5.74, 6) is -1.71. The van der Waals surface area contributed by atoms with Crippen molar-refractivity contribution in [1.82, 2.24) is 10.4 Å². The van der Waals surface area contributed by atoms with Crippen LogP contribution in [-0.4, -0.2) is 41.5 Å². The van der Waals surface area contributed by atoms with E-state index < -0.39 is 23.9 Å². The van der Waals surface area contributed by atoms with E-state index >= 15 is 0 Å². The van der Waals surface area contributed by atoms with Crippen molar-refractivity contribution in [3.8, 4) is 5.75 Å². The predicted octanol–water partition coefficient (Wildman–Crippen LogP) is 1.45. The topological polar surface area (TPSA) is 128 Å². The lowest BCUT2D eigenvalue weighted by Gasteiger charge is -2.14. The lowest BCUT2D eigenvalue weighted by atomic mass is 10.1. The minimum Gasteiger partial charge on any atom is -0.428 e. The average molecular weight is 406 g/mol. The molecule has 1 fully saturated rings. The third-order valence-corrected chi connectivity index (χ3v) is 4.02. The molecule has 10 heteroatoms. The highest BCUT2D eigenvalue weighted by Crippen LogP contribution is 2.25.